The fourth-order valence-electron chi connectivity index (χ4n) is 2.18. The summed E-state index contributed by atoms with van der Waals surface area (Å²) in [5.41, 5.74) is 1.58. The Hall–Kier alpha value is -1.72. The molecule has 0 bridgehead atoms. The highest BCUT2D eigenvalue weighted by molar-refractivity contribution is 5.89. The van der Waals surface area contributed by atoms with Crippen molar-refractivity contribution in [1.29, 1.82) is 0 Å². The van der Waals surface area contributed by atoms with Crippen LogP contribution in [0.1, 0.15) is 18.9 Å². The van der Waals surface area contributed by atoms with Gasteiger partial charge in [0.2, 0.25) is 0 Å². The SMILES string of the molecule is C[C@H]1CCc2ccccc2N1C(=O)OCC(F)(F)F. The molecule has 1 amide bonds. The Morgan fingerprint density at radius 1 is 1.42 bits per heavy atom. The standard InChI is InChI=1S/C13H14F3NO2/c1-9-6-7-10-4-2-3-5-11(10)17(9)12(18)19-8-13(14,15)16/h2-5,9H,6-8H2,1H3/t9-/m0/s1. The van der Waals surface area contributed by atoms with E-state index >= 15 is 0 Å². The Bertz CT molecular complexity index is 473. The number of anilines is 1. The van der Waals surface area contributed by atoms with Crippen molar-refractivity contribution in [3.05, 3.63) is 29.8 Å². The van der Waals surface area contributed by atoms with Crippen LogP contribution in [0, 0.1) is 0 Å². The zero-order valence-electron chi connectivity index (χ0n) is 10.4. The lowest BCUT2D eigenvalue weighted by Crippen LogP contribution is -2.43. The number of aryl methyl sites for hydroxylation is 1. The molecule has 0 spiro atoms. The first-order chi connectivity index (χ1) is 8.88. The average Bonchev–Trinajstić information content (AvgIpc) is 2.35. The lowest BCUT2D eigenvalue weighted by atomic mass is 9.97. The molecular weight excluding hydrogens is 259 g/mol. The molecule has 1 atom stereocenters. The predicted molar refractivity (Wildman–Crippen MR) is 64.1 cm³/mol. The minimum atomic E-state index is -4.51. The van der Waals surface area contributed by atoms with Crippen molar-refractivity contribution in [1.82, 2.24) is 0 Å². The second-order valence-corrected chi connectivity index (χ2v) is 4.56. The fourth-order valence-corrected chi connectivity index (χ4v) is 2.18. The minimum absolute atomic E-state index is 0.171. The summed E-state index contributed by atoms with van der Waals surface area (Å²) in [6.45, 7) is 0.238. The van der Waals surface area contributed by atoms with E-state index in [-0.39, 0.29) is 6.04 Å². The monoisotopic (exact) mass is 273 g/mol. The highest BCUT2D eigenvalue weighted by Crippen LogP contribution is 2.31. The van der Waals surface area contributed by atoms with Crippen LogP contribution in [0.15, 0.2) is 24.3 Å². The van der Waals surface area contributed by atoms with Crippen LogP contribution in [-0.2, 0) is 11.2 Å². The number of ether oxygens (including phenoxy) is 1. The van der Waals surface area contributed by atoms with E-state index in [4.69, 9.17) is 0 Å². The number of alkyl halides is 3. The Morgan fingerprint density at radius 2 is 2.11 bits per heavy atom. The first-order valence-corrected chi connectivity index (χ1v) is 5.99. The maximum absolute atomic E-state index is 12.1. The van der Waals surface area contributed by atoms with Crippen molar-refractivity contribution in [3.8, 4) is 0 Å². The molecule has 104 valence electrons. The Morgan fingerprint density at radius 3 is 2.79 bits per heavy atom. The Balaban J connectivity index is 2.17. The van der Waals surface area contributed by atoms with Crippen molar-refractivity contribution in [2.75, 3.05) is 11.5 Å². The summed E-state index contributed by atoms with van der Waals surface area (Å²) in [5.74, 6) is 0. The molecule has 1 aliphatic heterocycles. The lowest BCUT2D eigenvalue weighted by molar-refractivity contribution is -0.159. The van der Waals surface area contributed by atoms with Gasteiger partial charge in [0.1, 0.15) is 0 Å². The summed E-state index contributed by atoms with van der Waals surface area (Å²) in [7, 11) is 0. The number of amides is 1. The molecule has 0 N–H and O–H groups in total. The van der Waals surface area contributed by atoms with Crippen LogP contribution in [0.25, 0.3) is 0 Å². The highest BCUT2D eigenvalue weighted by atomic mass is 19.4. The maximum Gasteiger partial charge on any atom is 0.422 e. The summed E-state index contributed by atoms with van der Waals surface area (Å²) < 4.78 is 40.6. The van der Waals surface area contributed by atoms with Gasteiger partial charge < -0.3 is 4.74 Å². The average molecular weight is 273 g/mol. The number of carbonyl (C=O) groups is 1. The zero-order chi connectivity index (χ0) is 14.0. The molecule has 6 heteroatoms. The molecule has 0 unspecified atom stereocenters. The first-order valence-electron chi connectivity index (χ1n) is 5.99. The van der Waals surface area contributed by atoms with Crippen molar-refractivity contribution < 1.29 is 22.7 Å². The molecule has 1 heterocycles. The molecule has 19 heavy (non-hydrogen) atoms. The zero-order valence-corrected chi connectivity index (χ0v) is 10.4. The summed E-state index contributed by atoms with van der Waals surface area (Å²) in [6, 6.07) is 7.01. The van der Waals surface area contributed by atoms with Gasteiger partial charge in [0.25, 0.3) is 0 Å². The third kappa shape index (κ3) is 3.19. The van der Waals surface area contributed by atoms with Crippen LogP contribution >= 0.6 is 0 Å². The lowest BCUT2D eigenvalue weighted by Gasteiger charge is -2.34. The van der Waals surface area contributed by atoms with Crippen LogP contribution in [0.3, 0.4) is 0 Å². The van der Waals surface area contributed by atoms with Crippen molar-refractivity contribution in [2.24, 2.45) is 0 Å². The molecule has 0 fully saturated rings. The van der Waals surface area contributed by atoms with E-state index < -0.39 is 18.9 Å². The van der Waals surface area contributed by atoms with E-state index in [2.05, 4.69) is 4.74 Å². The third-order valence-electron chi connectivity index (χ3n) is 3.08. The normalized spacial score (nSPS) is 18.9. The molecule has 0 saturated heterocycles. The van der Waals surface area contributed by atoms with Gasteiger partial charge in [-0.15, -0.1) is 0 Å². The van der Waals surface area contributed by atoms with Crippen molar-refractivity contribution in [3.63, 3.8) is 0 Å². The molecule has 1 aromatic carbocycles. The van der Waals surface area contributed by atoms with E-state index in [0.29, 0.717) is 12.1 Å². The molecule has 2 rings (SSSR count). The Kier molecular flexibility index (Phi) is 3.68. The molecule has 0 radical (unpaired) electrons. The van der Waals surface area contributed by atoms with Gasteiger partial charge in [0, 0.05) is 6.04 Å². The van der Waals surface area contributed by atoms with Gasteiger partial charge in [0.15, 0.2) is 6.61 Å². The number of hydrogen-bond acceptors (Lipinski definition) is 2. The summed E-state index contributed by atoms with van der Waals surface area (Å²) in [6.07, 6.45) is -3.94. The van der Waals surface area contributed by atoms with E-state index in [1.54, 1.807) is 19.1 Å². The number of para-hydroxylation sites is 1. The van der Waals surface area contributed by atoms with Gasteiger partial charge >= 0.3 is 12.3 Å². The second kappa shape index (κ2) is 5.11. The largest absolute Gasteiger partial charge is 0.439 e. The number of fused-ring (bicyclic) bond motifs is 1. The summed E-state index contributed by atoms with van der Waals surface area (Å²) >= 11 is 0. The van der Waals surface area contributed by atoms with E-state index in [0.717, 1.165) is 12.0 Å². The quantitative estimate of drug-likeness (QED) is 0.783. The van der Waals surface area contributed by atoms with Gasteiger partial charge in [-0.05, 0) is 31.4 Å². The van der Waals surface area contributed by atoms with Crippen molar-refractivity contribution >= 4 is 11.8 Å². The molecular formula is C13H14F3NO2. The number of benzene rings is 1. The van der Waals surface area contributed by atoms with Crippen LogP contribution in [0.5, 0.6) is 0 Å². The molecule has 1 aromatic rings. The van der Waals surface area contributed by atoms with Crippen LogP contribution < -0.4 is 4.90 Å². The number of hydrogen-bond donors (Lipinski definition) is 0. The topological polar surface area (TPSA) is 29.5 Å². The van der Waals surface area contributed by atoms with Gasteiger partial charge in [-0.1, -0.05) is 18.2 Å². The van der Waals surface area contributed by atoms with Crippen LogP contribution in [0.4, 0.5) is 23.7 Å². The molecule has 1 aliphatic rings. The molecule has 0 aromatic heterocycles. The first kappa shape index (κ1) is 13.7. The minimum Gasteiger partial charge on any atom is -0.439 e. The number of halogens is 3. The molecule has 3 nitrogen and oxygen atoms in total. The Labute approximate surface area is 109 Å². The second-order valence-electron chi connectivity index (χ2n) is 4.56. The highest BCUT2D eigenvalue weighted by Gasteiger charge is 2.34. The number of nitrogens with zero attached hydrogens (tertiary/aromatic N) is 1. The smallest absolute Gasteiger partial charge is 0.422 e. The van der Waals surface area contributed by atoms with Gasteiger partial charge in [0.05, 0.1) is 5.69 Å². The van der Waals surface area contributed by atoms with Crippen LogP contribution in [-0.4, -0.2) is 24.9 Å². The predicted octanol–water partition coefficient (Wildman–Crippen LogP) is 3.53. The maximum atomic E-state index is 12.1. The third-order valence-corrected chi connectivity index (χ3v) is 3.08. The number of carbonyl (C=O) groups excluding carboxylic acids is 1. The fraction of sp³-hybridized carbons (Fsp3) is 0.462. The summed E-state index contributed by atoms with van der Waals surface area (Å²) in [5, 5.41) is 0. The van der Waals surface area contributed by atoms with Gasteiger partial charge in [-0.25, -0.2) is 4.79 Å². The van der Waals surface area contributed by atoms with Crippen LogP contribution in [0.2, 0.25) is 0 Å². The van der Waals surface area contributed by atoms with E-state index in [1.165, 1.54) is 4.90 Å². The van der Waals surface area contributed by atoms with Crippen molar-refractivity contribution in [2.45, 2.75) is 32.0 Å². The molecule has 0 saturated carbocycles. The van der Waals surface area contributed by atoms with Gasteiger partial charge in [-0.2, -0.15) is 13.2 Å². The van der Waals surface area contributed by atoms with Gasteiger partial charge in [-0.3, -0.25) is 4.90 Å². The number of rotatable bonds is 1. The van der Waals surface area contributed by atoms with E-state index in [1.807, 2.05) is 12.1 Å². The molecule has 0 aliphatic carbocycles. The summed E-state index contributed by atoms with van der Waals surface area (Å²) in [4.78, 5) is 13.1. The van der Waals surface area contributed by atoms with E-state index in [9.17, 15) is 18.0 Å².